The van der Waals surface area contributed by atoms with Crippen molar-refractivity contribution in [3.05, 3.63) is 58.3 Å². The van der Waals surface area contributed by atoms with Gasteiger partial charge in [-0.25, -0.2) is 0 Å². The van der Waals surface area contributed by atoms with Gasteiger partial charge in [-0.3, -0.25) is 4.98 Å². The summed E-state index contributed by atoms with van der Waals surface area (Å²) in [4.78, 5) is 5.86. The zero-order chi connectivity index (χ0) is 14.7. The molecule has 3 rings (SSSR count). The van der Waals surface area contributed by atoms with Crippen molar-refractivity contribution in [3.8, 4) is 0 Å². The molecule has 0 bridgehead atoms. The second-order valence-corrected chi connectivity index (χ2v) is 7.49. The van der Waals surface area contributed by atoms with E-state index in [-0.39, 0.29) is 6.04 Å². The van der Waals surface area contributed by atoms with Crippen molar-refractivity contribution in [2.75, 3.05) is 5.75 Å². The van der Waals surface area contributed by atoms with Crippen molar-refractivity contribution in [1.82, 2.24) is 4.98 Å². The molecule has 0 aliphatic heterocycles. The van der Waals surface area contributed by atoms with Crippen molar-refractivity contribution in [3.63, 3.8) is 0 Å². The monoisotopic (exact) mass is 362 g/mol. The standard InChI is InChI=1S/C17H19BrN2S/c18-13-6-2-7-14(10-13)21-11-16(19)15-8-1-4-12-5-3-9-20-17(12)15/h2-3,5-7,9-10,15-16H,1,4,8,11,19H2. The maximum atomic E-state index is 6.48. The topological polar surface area (TPSA) is 38.9 Å². The van der Waals surface area contributed by atoms with Crippen LogP contribution in [0.2, 0.25) is 0 Å². The van der Waals surface area contributed by atoms with Gasteiger partial charge in [-0.1, -0.05) is 28.1 Å². The third kappa shape index (κ3) is 3.68. The van der Waals surface area contributed by atoms with Crippen LogP contribution in [0.5, 0.6) is 0 Å². The fraction of sp³-hybridized carbons (Fsp3) is 0.353. The van der Waals surface area contributed by atoms with Crippen LogP contribution in [-0.4, -0.2) is 16.8 Å². The molecule has 0 radical (unpaired) electrons. The first-order valence-corrected chi connectivity index (χ1v) is 9.09. The van der Waals surface area contributed by atoms with Gasteiger partial charge in [0.2, 0.25) is 0 Å². The van der Waals surface area contributed by atoms with E-state index in [0.29, 0.717) is 5.92 Å². The van der Waals surface area contributed by atoms with E-state index in [0.717, 1.165) is 23.1 Å². The molecule has 2 atom stereocenters. The van der Waals surface area contributed by atoms with Crippen LogP contribution >= 0.6 is 27.7 Å². The lowest BCUT2D eigenvalue weighted by atomic mass is 9.83. The third-order valence-corrected chi connectivity index (χ3v) is 5.63. The van der Waals surface area contributed by atoms with Gasteiger partial charge < -0.3 is 5.73 Å². The number of hydrogen-bond donors (Lipinski definition) is 1. The van der Waals surface area contributed by atoms with Crippen LogP contribution in [0.25, 0.3) is 0 Å². The molecule has 2 N–H and O–H groups in total. The van der Waals surface area contributed by atoms with Crippen molar-refractivity contribution < 1.29 is 0 Å². The van der Waals surface area contributed by atoms with E-state index in [1.807, 2.05) is 30.1 Å². The Kier molecular flexibility index (Phi) is 4.99. The van der Waals surface area contributed by atoms with Crippen molar-refractivity contribution in [1.29, 1.82) is 0 Å². The highest BCUT2D eigenvalue weighted by Crippen LogP contribution is 2.33. The molecule has 1 aliphatic carbocycles. The highest BCUT2D eigenvalue weighted by Gasteiger charge is 2.26. The summed E-state index contributed by atoms with van der Waals surface area (Å²) < 4.78 is 1.12. The fourth-order valence-corrected chi connectivity index (χ4v) is 4.48. The number of nitrogens with two attached hydrogens (primary N) is 1. The number of nitrogens with zero attached hydrogens (tertiary/aromatic N) is 1. The van der Waals surface area contributed by atoms with Gasteiger partial charge in [0.15, 0.2) is 0 Å². The van der Waals surface area contributed by atoms with Crippen LogP contribution in [-0.2, 0) is 6.42 Å². The van der Waals surface area contributed by atoms with Gasteiger partial charge >= 0.3 is 0 Å². The first-order valence-electron chi connectivity index (χ1n) is 7.32. The van der Waals surface area contributed by atoms with Crippen LogP contribution in [0.1, 0.15) is 30.0 Å². The van der Waals surface area contributed by atoms with Crippen LogP contribution in [0.4, 0.5) is 0 Å². The number of rotatable bonds is 4. The summed E-state index contributed by atoms with van der Waals surface area (Å²) in [7, 11) is 0. The van der Waals surface area contributed by atoms with Gasteiger partial charge in [0.25, 0.3) is 0 Å². The molecule has 0 fully saturated rings. The minimum atomic E-state index is 0.155. The fourth-order valence-electron chi connectivity index (χ4n) is 2.93. The molecule has 2 aromatic rings. The Morgan fingerprint density at radius 3 is 3.10 bits per heavy atom. The molecular weight excluding hydrogens is 344 g/mol. The Labute approximate surface area is 138 Å². The summed E-state index contributed by atoms with van der Waals surface area (Å²) in [5.41, 5.74) is 9.09. The Hall–Kier alpha value is -0.840. The van der Waals surface area contributed by atoms with E-state index in [2.05, 4.69) is 45.2 Å². The predicted molar refractivity (Wildman–Crippen MR) is 92.8 cm³/mol. The summed E-state index contributed by atoms with van der Waals surface area (Å²) in [5.74, 6) is 1.33. The molecule has 21 heavy (non-hydrogen) atoms. The minimum Gasteiger partial charge on any atom is -0.326 e. The molecule has 0 spiro atoms. The first kappa shape index (κ1) is 15.1. The largest absolute Gasteiger partial charge is 0.326 e. The van der Waals surface area contributed by atoms with Crippen LogP contribution in [0.15, 0.2) is 52.0 Å². The van der Waals surface area contributed by atoms with E-state index >= 15 is 0 Å². The first-order chi connectivity index (χ1) is 10.2. The molecule has 1 heterocycles. The lowest BCUT2D eigenvalue weighted by Crippen LogP contribution is -2.33. The number of hydrogen-bond acceptors (Lipinski definition) is 3. The maximum absolute atomic E-state index is 6.48. The van der Waals surface area contributed by atoms with E-state index in [1.54, 1.807) is 0 Å². The van der Waals surface area contributed by atoms with Crippen molar-refractivity contribution in [2.24, 2.45) is 5.73 Å². The summed E-state index contributed by atoms with van der Waals surface area (Å²) in [6.07, 6.45) is 5.42. The number of benzene rings is 1. The number of halogens is 1. The average molecular weight is 363 g/mol. The number of pyridine rings is 1. The van der Waals surface area contributed by atoms with Crippen LogP contribution in [0.3, 0.4) is 0 Å². The highest BCUT2D eigenvalue weighted by atomic mass is 79.9. The quantitative estimate of drug-likeness (QED) is 0.820. The van der Waals surface area contributed by atoms with Crippen molar-refractivity contribution >= 4 is 27.7 Å². The normalized spacial score (nSPS) is 19.0. The Morgan fingerprint density at radius 2 is 2.24 bits per heavy atom. The molecule has 1 aromatic heterocycles. The van der Waals surface area contributed by atoms with Gasteiger partial charge in [0, 0.05) is 39.0 Å². The summed E-state index contributed by atoms with van der Waals surface area (Å²) in [6, 6.07) is 12.8. The molecule has 1 aromatic carbocycles. The highest BCUT2D eigenvalue weighted by molar-refractivity contribution is 9.10. The summed E-state index contributed by atoms with van der Waals surface area (Å²) in [6.45, 7) is 0. The van der Waals surface area contributed by atoms with Gasteiger partial charge in [-0.05, 0) is 49.1 Å². The second kappa shape index (κ2) is 6.95. The Morgan fingerprint density at radius 1 is 1.33 bits per heavy atom. The number of fused-ring (bicyclic) bond motifs is 1. The van der Waals surface area contributed by atoms with Crippen LogP contribution < -0.4 is 5.73 Å². The minimum absolute atomic E-state index is 0.155. The Bertz CT molecular complexity index is 617. The smallest absolute Gasteiger partial charge is 0.0482 e. The van der Waals surface area contributed by atoms with Gasteiger partial charge in [0.05, 0.1) is 0 Å². The Balaban J connectivity index is 1.67. The molecule has 2 nitrogen and oxygen atoms in total. The maximum Gasteiger partial charge on any atom is 0.0482 e. The summed E-state index contributed by atoms with van der Waals surface area (Å²) >= 11 is 5.34. The van der Waals surface area contributed by atoms with Crippen molar-refractivity contribution in [2.45, 2.75) is 36.1 Å². The van der Waals surface area contributed by atoms with Crippen LogP contribution in [0, 0.1) is 0 Å². The third-order valence-electron chi connectivity index (χ3n) is 3.99. The molecule has 4 heteroatoms. The number of aryl methyl sites for hydroxylation is 1. The molecule has 0 amide bonds. The SMILES string of the molecule is NC(CSc1cccc(Br)c1)C1CCCc2cccnc21. The van der Waals surface area contributed by atoms with Gasteiger partial charge in [0.1, 0.15) is 0 Å². The van der Waals surface area contributed by atoms with Gasteiger partial charge in [-0.15, -0.1) is 11.8 Å². The molecule has 0 saturated carbocycles. The molecular formula is C17H19BrN2S. The predicted octanol–water partition coefficient (Wildman–Crippen LogP) is 4.38. The molecule has 1 aliphatic rings. The van der Waals surface area contributed by atoms with E-state index in [1.165, 1.54) is 22.6 Å². The zero-order valence-corrected chi connectivity index (χ0v) is 14.2. The van der Waals surface area contributed by atoms with E-state index in [9.17, 15) is 0 Å². The molecule has 2 unspecified atom stereocenters. The zero-order valence-electron chi connectivity index (χ0n) is 11.8. The lowest BCUT2D eigenvalue weighted by molar-refractivity contribution is 0.477. The van der Waals surface area contributed by atoms with E-state index in [4.69, 9.17) is 5.73 Å². The molecule has 110 valence electrons. The number of thioether (sulfide) groups is 1. The lowest BCUT2D eigenvalue weighted by Gasteiger charge is -2.28. The second-order valence-electron chi connectivity index (χ2n) is 5.48. The number of aromatic nitrogens is 1. The summed E-state index contributed by atoms with van der Waals surface area (Å²) in [5, 5.41) is 0. The van der Waals surface area contributed by atoms with E-state index < -0.39 is 0 Å². The molecule has 0 saturated heterocycles. The average Bonchev–Trinajstić information content (AvgIpc) is 2.52. The van der Waals surface area contributed by atoms with Gasteiger partial charge in [-0.2, -0.15) is 0 Å².